The molecule has 35 heavy (non-hydrogen) atoms. The van der Waals surface area contributed by atoms with Crippen LogP contribution in [0.1, 0.15) is 42.5 Å². The van der Waals surface area contributed by atoms with Gasteiger partial charge in [-0.25, -0.2) is 0 Å². The molecule has 1 atom stereocenters. The van der Waals surface area contributed by atoms with Crippen molar-refractivity contribution < 1.29 is 9.59 Å². The molecule has 0 radical (unpaired) electrons. The number of carbonyl (C=O) groups excluding carboxylic acids is 2. The minimum Gasteiger partial charge on any atom is -0.354 e. The Bertz CT molecular complexity index is 1100. The van der Waals surface area contributed by atoms with E-state index in [4.69, 9.17) is 11.6 Å². The SMILES string of the molecule is Cc1ccc(CN(C(=O)CCc2ccccc2Cl)[C@@H](Cc2ccccc2)C(=O)NCC(C)C)cc1. The second-order valence-electron chi connectivity index (χ2n) is 9.44. The van der Waals surface area contributed by atoms with Crippen molar-refractivity contribution >= 4 is 23.4 Å². The first kappa shape index (κ1) is 26.5. The van der Waals surface area contributed by atoms with Crippen LogP contribution < -0.4 is 5.32 Å². The quantitative estimate of drug-likeness (QED) is 0.358. The van der Waals surface area contributed by atoms with Crippen molar-refractivity contribution in [1.82, 2.24) is 10.2 Å². The molecule has 0 spiro atoms. The van der Waals surface area contributed by atoms with Crippen LogP contribution >= 0.6 is 11.6 Å². The summed E-state index contributed by atoms with van der Waals surface area (Å²) in [5.41, 5.74) is 4.10. The molecule has 3 rings (SSSR count). The monoisotopic (exact) mass is 490 g/mol. The molecule has 0 aliphatic heterocycles. The fourth-order valence-corrected chi connectivity index (χ4v) is 4.18. The Balaban J connectivity index is 1.90. The van der Waals surface area contributed by atoms with Crippen molar-refractivity contribution in [3.63, 3.8) is 0 Å². The van der Waals surface area contributed by atoms with E-state index in [-0.39, 0.29) is 18.2 Å². The van der Waals surface area contributed by atoms with Gasteiger partial charge in [-0.2, -0.15) is 0 Å². The lowest BCUT2D eigenvalue weighted by atomic mass is 10.0. The molecular formula is C30H35ClN2O2. The molecule has 0 saturated carbocycles. The van der Waals surface area contributed by atoms with Gasteiger partial charge < -0.3 is 10.2 Å². The number of hydrogen-bond donors (Lipinski definition) is 1. The summed E-state index contributed by atoms with van der Waals surface area (Å²) in [7, 11) is 0. The maximum absolute atomic E-state index is 13.7. The molecular weight excluding hydrogens is 456 g/mol. The summed E-state index contributed by atoms with van der Waals surface area (Å²) < 4.78 is 0. The molecule has 0 aromatic heterocycles. The van der Waals surface area contributed by atoms with Gasteiger partial charge in [0, 0.05) is 31.0 Å². The third-order valence-electron chi connectivity index (χ3n) is 6.00. The number of amides is 2. The summed E-state index contributed by atoms with van der Waals surface area (Å²) in [6.45, 7) is 7.09. The van der Waals surface area contributed by atoms with Gasteiger partial charge in [0.25, 0.3) is 0 Å². The van der Waals surface area contributed by atoms with Gasteiger partial charge in [-0.05, 0) is 42.0 Å². The van der Waals surface area contributed by atoms with Gasteiger partial charge in [0.05, 0.1) is 0 Å². The molecule has 0 fully saturated rings. The number of carbonyl (C=O) groups is 2. The average Bonchev–Trinajstić information content (AvgIpc) is 2.85. The van der Waals surface area contributed by atoms with Crippen molar-refractivity contribution in [1.29, 1.82) is 0 Å². The zero-order valence-corrected chi connectivity index (χ0v) is 21.6. The van der Waals surface area contributed by atoms with Gasteiger partial charge in [-0.1, -0.05) is 104 Å². The number of benzene rings is 3. The van der Waals surface area contributed by atoms with Gasteiger partial charge in [0.2, 0.25) is 11.8 Å². The highest BCUT2D eigenvalue weighted by Gasteiger charge is 2.30. The normalized spacial score (nSPS) is 11.8. The van der Waals surface area contributed by atoms with E-state index >= 15 is 0 Å². The highest BCUT2D eigenvalue weighted by molar-refractivity contribution is 6.31. The van der Waals surface area contributed by atoms with Crippen LogP contribution in [0.5, 0.6) is 0 Å². The minimum absolute atomic E-state index is 0.0638. The molecule has 1 N–H and O–H groups in total. The van der Waals surface area contributed by atoms with Crippen LogP contribution in [0.2, 0.25) is 5.02 Å². The molecule has 2 amide bonds. The van der Waals surface area contributed by atoms with Crippen LogP contribution in [0.4, 0.5) is 0 Å². The van der Waals surface area contributed by atoms with Crippen LogP contribution in [0.25, 0.3) is 0 Å². The van der Waals surface area contributed by atoms with E-state index in [2.05, 4.69) is 19.2 Å². The van der Waals surface area contributed by atoms with E-state index in [9.17, 15) is 9.59 Å². The topological polar surface area (TPSA) is 49.4 Å². The molecule has 5 heteroatoms. The average molecular weight is 491 g/mol. The Morgan fingerprint density at radius 2 is 1.54 bits per heavy atom. The zero-order chi connectivity index (χ0) is 25.2. The van der Waals surface area contributed by atoms with Gasteiger partial charge in [0.15, 0.2) is 0 Å². The smallest absolute Gasteiger partial charge is 0.243 e. The second-order valence-corrected chi connectivity index (χ2v) is 9.85. The van der Waals surface area contributed by atoms with Crippen LogP contribution in [0.3, 0.4) is 0 Å². The Morgan fingerprint density at radius 3 is 2.20 bits per heavy atom. The largest absolute Gasteiger partial charge is 0.354 e. The van der Waals surface area contributed by atoms with Gasteiger partial charge in [0.1, 0.15) is 6.04 Å². The van der Waals surface area contributed by atoms with Crippen LogP contribution in [0.15, 0.2) is 78.9 Å². The third-order valence-corrected chi connectivity index (χ3v) is 6.36. The highest BCUT2D eigenvalue weighted by atomic mass is 35.5. The summed E-state index contributed by atoms with van der Waals surface area (Å²) in [4.78, 5) is 28.9. The zero-order valence-electron chi connectivity index (χ0n) is 20.8. The van der Waals surface area contributed by atoms with Crippen molar-refractivity contribution in [2.75, 3.05) is 6.54 Å². The Morgan fingerprint density at radius 1 is 0.886 bits per heavy atom. The first-order valence-corrected chi connectivity index (χ1v) is 12.6. The van der Waals surface area contributed by atoms with Gasteiger partial charge >= 0.3 is 0 Å². The molecule has 0 saturated heterocycles. The van der Waals surface area contributed by atoms with E-state index in [1.165, 1.54) is 0 Å². The number of nitrogens with one attached hydrogen (secondary N) is 1. The van der Waals surface area contributed by atoms with Crippen molar-refractivity contribution in [2.45, 2.75) is 52.6 Å². The number of aryl methyl sites for hydroxylation is 2. The van der Waals surface area contributed by atoms with Crippen LogP contribution in [-0.2, 0) is 29.0 Å². The van der Waals surface area contributed by atoms with Gasteiger partial charge in [-0.3, -0.25) is 9.59 Å². The van der Waals surface area contributed by atoms with Crippen molar-refractivity contribution in [3.05, 3.63) is 106 Å². The van der Waals surface area contributed by atoms with E-state index in [0.717, 1.165) is 22.3 Å². The van der Waals surface area contributed by atoms with Crippen LogP contribution in [-0.4, -0.2) is 29.3 Å². The van der Waals surface area contributed by atoms with Crippen LogP contribution in [0, 0.1) is 12.8 Å². The maximum atomic E-state index is 13.7. The first-order chi connectivity index (χ1) is 16.8. The fourth-order valence-electron chi connectivity index (χ4n) is 3.95. The molecule has 0 unspecified atom stereocenters. The molecule has 184 valence electrons. The second kappa shape index (κ2) is 13.1. The first-order valence-electron chi connectivity index (χ1n) is 12.2. The summed E-state index contributed by atoms with van der Waals surface area (Å²) in [5, 5.41) is 3.72. The van der Waals surface area contributed by atoms with E-state index in [0.29, 0.717) is 36.9 Å². The fraction of sp³-hybridized carbons (Fsp3) is 0.333. The standard InChI is InChI=1S/C30H35ClN2O2/c1-22(2)20-32-30(35)28(19-24-9-5-4-6-10-24)33(21-25-15-13-23(3)14-16-25)29(34)18-17-26-11-7-8-12-27(26)31/h4-16,22,28H,17-21H2,1-3H3,(H,32,35)/t28-/m0/s1. The summed E-state index contributed by atoms with van der Waals surface area (Å²) >= 11 is 6.33. The number of halogens is 1. The maximum Gasteiger partial charge on any atom is 0.243 e. The van der Waals surface area contributed by atoms with E-state index in [1.54, 1.807) is 4.90 Å². The molecule has 0 bridgehead atoms. The van der Waals surface area contributed by atoms with E-state index in [1.807, 2.05) is 85.8 Å². The lowest BCUT2D eigenvalue weighted by molar-refractivity contribution is -0.141. The summed E-state index contributed by atoms with van der Waals surface area (Å²) in [6, 6.07) is 25.0. The number of rotatable bonds is 11. The lowest BCUT2D eigenvalue weighted by Crippen LogP contribution is -2.51. The predicted octanol–water partition coefficient (Wildman–Crippen LogP) is 5.99. The minimum atomic E-state index is -0.615. The summed E-state index contributed by atoms with van der Waals surface area (Å²) in [6.07, 6.45) is 1.25. The number of nitrogens with zero attached hydrogens (tertiary/aromatic N) is 1. The third kappa shape index (κ3) is 8.25. The molecule has 3 aromatic carbocycles. The number of hydrogen-bond acceptors (Lipinski definition) is 2. The summed E-state index contributed by atoms with van der Waals surface area (Å²) in [5.74, 6) is 0.129. The molecule has 0 aliphatic carbocycles. The Kier molecular flexibility index (Phi) is 9.92. The predicted molar refractivity (Wildman–Crippen MR) is 143 cm³/mol. The molecule has 0 aliphatic rings. The van der Waals surface area contributed by atoms with Crippen molar-refractivity contribution in [2.24, 2.45) is 5.92 Å². The Labute approximate surface area is 214 Å². The Hall–Kier alpha value is -3.11. The lowest BCUT2D eigenvalue weighted by Gasteiger charge is -2.32. The molecule has 0 heterocycles. The van der Waals surface area contributed by atoms with E-state index < -0.39 is 6.04 Å². The highest BCUT2D eigenvalue weighted by Crippen LogP contribution is 2.20. The molecule has 3 aromatic rings. The molecule has 4 nitrogen and oxygen atoms in total. The van der Waals surface area contributed by atoms with Gasteiger partial charge in [-0.15, -0.1) is 0 Å². The van der Waals surface area contributed by atoms with Crippen molar-refractivity contribution in [3.8, 4) is 0 Å².